The highest BCUT2D eigenvalue weighted by molar-refractivity contribution is 6.04. The summed E-state index contributed by atoms with van der Waals surface area (Å²) in [7, 11) is 0. The molecule has 0 aliphatic carbocycles. The van der Waals surface area contributed by atoms with Crippen molar-refractivity contribution in [3.05, 3.63) is 24.3 Å². The van der Waals surface area contributed by atoms with Crippen LogP contribution in [0.2, 0.25) is 0 Å². The smallest absolute Gasteiger partial charge is 0.231 e. The average Bonchev–Trinajstić information content (AvgIpc) is 2.81. The van der Waals surface area contributed by atoms with E-state index < -0.39 is 0 Å². The fourth-order valence-corrected chi connectivity index (χ4v) is 2.23. The lowest BCUT2D eigenvalue weighted by atomic mass is 10.2. The van der Waals surface area contributed by atoms with E-state index in [4.69, 9.17) is 0 Å². The van der Waals surface area contributed by atoms with Gasteiger partial charge in [-0.1, -0.05) is 12.1 Å². The Bertz CT molecular complexity index is 451. The van der Waals surface area contributed by atoms with E-state index in [-0.39, 0.29) is 18.1 Å². The van der Waals surface area contributed by atoms with Crippen LogP contribution in [-0.4, -0.2) is 24.8 Å². The summed E-state index contributed by atoms with van der Waals surface area (Å²) in [4.78, 5) is 24.8. The maximum absolute atomic E-state index is 11.6. The highest BCUT2D eigenvalue weighted by Crippen LogP contribution is 2.28. The van der Waals surface area contributed by atoms with Crippen LogP contribution in [0.3, 0.4) is 0 Å². The number of hydrogen-bond acceptors (Lipinski definition) is 3. The van der Waals surface area contributed by atoms with Crippen LogP contribution >= 0.6 is 0 Å². The number of para-hydroxylation sites is 2. The Morgan fingerprint density at radius 3 is 2.56 bits per heavy atom. The predicted molar refractivity (Wildman–Crippen MR) is 71.8 cm³/mol. The second-order valence-electron chi connectivity index (χ2n) is 4.64. The maximum Gasteiger partial charge on any atom is 0.231 e. The monoisotopic (exact) mass is 246 g/mol. The third-order valence-corrected chi connectivity index (χ3v) is 3.03. The van der Waals surface area contributed by atoms with Crippen molar-refractivity contribution in [3.8, 4) is 0 Å². The van der Waals surface area contributed by atoms with Crippen LogP contribution in [0.5, 0.6) is 0 Å². The molecule has 0 atom stereocenters. The number of amides is 1. The van der Waals surface area contributed by atoms with Gasteiger partial charge in [0.2, 0.25) is 5.91 Å². The molecule has 0 spiro atoms. The van der Waals surface area contributed by atoms with Crippen molar-refractivity contribution in [1.82, 2.24) is 0 Å². The van der Waals surface area contributed by atoms with Crippen LogP contribution in [0.25, 0.3) is 0 Å². The van der Waals surface area contributed by atoms with Crippen molar-refractivity contribution in [2.45, 2.75) is 26.2 Å². The number of rotatable bonds is 4. The van der Waals surface area contributed by atoms with Gasteiger partial charge in [-0.2, -0.15) is 0 Å². The Morgan fingerprint density at radius 2 is 1.89 bits per heavy atom. The van der Waals surface area contributed by atoms with E-state index in [2.05, 4.69) is 10.2 Å². The minimum atomic E-state index is -0.242. The number of Topliss-reactive ketones (excluding diaryl/α,β-unsaturated/α-hetero) is 1. The third kappa shape index (κ3) is 3.09. The van der Waals surface area contributed by atoms with Crippen molar-refractivity contribution in [2.75, 3.05) is 23.3 Å². The lowest BCUT2D eigenvalue weighted by molar-refractivity contribution is -0.124. The van der Waals surface area contributed by atoms with E-state index >= 15 is 0 Å². The minimum Gasteiger partial charge on any atom is -0.370 e. The highest BCUT2D eigenvalue weighted by atomic mass is 16.2. The highest BCUT2D eigenvalue weighted by Gasteiger charge is 2.16. The zero-order valence-corrected chi connectivity index (χ0v) is 10.6. The number of carbonyl (C=O) groups excluding carboxylic acids is 2. The third-order valence-electron chi connectivity index (χ3n) is 3.03. The van der Waals surface area contributed by atoms with Crippen molar-refractivity contribution in [3.63, 3.8) is 0 Å². The van der Waals surface area contributed by atoms with Gasteiger partial charge >= 0.3 is 0 Å². The molecule has 0 bridgehead atoms. The van der Waals surface area contributed by atoms with Gasteiger partial charge in [-0.25, -0.2) is 0 Å². The zero-order chi connectivity index (χ0) is 13.0. The Hall–Kier alpha value is -1.84. The van der Waals surface area contributed by atoms with Gasteiger partial charge in [0.15, 0.2) is 0 Å². The molecule has 1 aliphatic heterocycles. The maximum atomic E-state index is 11.6. The molecule has 1 N–H and O–H groups in total. The second-order valence-corrected chi connectivity index (χ2v) is 4.64. The van der Waals surface area contributed by atoms with Gasteiger partial charge in [0.25, 0.3) is 0 Å². The molecule has 1 heterocycles. The van der Waals surface area contributed by atoms with Gasteiger partial charge < -0.3 is 10.2 Å². The molecule has 96 valence electrons. The minimum absolute atomic E-state index is 0.0612. The number of carbonyl (C=O) groups is 2. The van der Waals surface area contributed by atoms with Crippen LogP contribution in [0.15, 0.2) is 24.3 Å². The zero-order valence-electron chi connectivity index (χ0n) is 10.6. The molecule has 18 heavy (non-hydrogen) atoms. The molecule has 1 aromatic rings. The van der Waals surface area contributed by atoms with Crippen molar-refractivity contribution < 1.29 is 9.59 Å². The van der Waals surface area contributed by atoms with Gasteiger partial charge in [0.1, 0.15) is 5.78 Å². The summed E-state index contributed by atoms with van der Waals surface area (Å²) >= 11 is 0. The Morgan fingerprint density at radius 1 is 1.22 bits per heavy atom. The van der Waals surface area contributed by atoms with E-state index in [1.807, 2.05) is 24.3 Å². The molecule has 1 amide bonds. The van der Waals surface area contributed by atoms with Gasteiger partial charge in [-0.05, 0) is 31.9 Å². The first kappa shape index (κ1) is 12.6. The molecule has 1 aliphatic rings. The number of nitrogens with zero attached hydrogens (tertiary/aromatic N) is 1. The van der Waals surface area contributed by atoms with E-state index in [1.54, 1.807) is 0 Å². The summed E-state index contributed by atoms with van der Waals surface area (Å²) in [6.07, 6.45) is 2.32. The quantitative estimate of drug-likeness (QED) is 0.829. The number of nitrogens with one attached hydrogen (secondary N) is 1. The van der Waals surface area contributed by atoms with Crippen molar-refractivity contribution >= 4 is 23.1 Å². The summed E-state index contributed by atoms with van der Waals surface area (Å²) in [6.45, 7) is 3.48. The molecular weight excluding hydrogens is 228 g/mol. The van der Waals surface area contributed by atoms with Crippen LogP contribution in [-0.2, 0) is 9.59 Å². The predicted octanol–water partition coefficient (Wildman–Crippen LogP) is 2.20. The van der Waals surface area contributed by atoms with E-state index in [1.165, 1.54) is 19.8 Å². The molecule has 1 saturated heterocycles. The van der Waals surface area contributed by atoms with Crippen LogP contribution in [0.4, 0.5) is 11.4 Å². The Kier molecular flexibility index (Phi) is 3.97. The molecule has 0 saturated carbocycles. The molecule has 4 nitrogen and oxygen atoms in total. The summed E-state index contributed by atoms with van der Waals surface area (Å²) in [5.74, 6) is -0.361. The Labute approximate surface area is 107 Å². The fourth-order valence-electron chi connectivity index (χ4n) is 2.23. The first-order valence-electron chi connectivity index (χ1n) is 6.30. The first-order chi connectivity index (χ1) is 8.66. The lowest BCUT2D eigenvalue weighted by Crippen LogP contribution is -2.21. The first-order valence-corrected chi connectivity index (χ1v) is 6.30. The largest absolute Gasteiger partial charge is 0.370 e. The summed E-state index contributed by atoms with van der Waals surface area (Å²) in [5.41, 5.74) is 1.84. The van der Waals surface area contributed by atoms with Gasteiger partial charge in [-0.15, -0.1) is 0 Å². The van der Waals surface area contributed by atoms with Gasteiger partial charge in [0.05, 0.1) is 17.8 Å². The number of anilines is 2. The molecule has 0 aromatic heterocycles. The fraction of sp³-hybridized carbons (Fsp3) is 0.429. The number of hydrogen-bond donors (Lipinski definition) is 1. The summed E-state index contributed by atoms with van der Waals surface area (Å²) in [6, 6.07) is 7.75. The van der Waals surface area contributed by atoms with Crippen LogP contribution < -0.4 is 10.2 Å². The van der Waals surface area contributed by atoms with E-state index in [0.29, 0.717) is 0 Å². The molecule has 0 radical (unpaired) electrons. The molecule has 2 rings (SSSR count). The summed E-state index contributed by atoms with van der Waals surface area (Å²) in [5, 5.41) is 2.82. The Balaban J connectivity index is 2.12. The van der Waals surface area contributed by atoms with Crippen molar-refractivity contribution in [1.29, 1.82) is 0 Å². The molecule has 0 unspecified atom stereocenters. The van der Waals surface area contributed by atoms with E-state index in [0.717, 1.165) is 24.5 Å². The molecule has 4 heteroatoms. The lowest BCUT2D eigenvalue weighted by Gasteiger charge is -2.21. The van der Waals surface area contributed by atoms with Crippen molar-refractivity contribution in [2.24, 2.45) is 0 Å². The molecule has 1 fully saturated rings. The topological polar surface area (TPSA) is 49.4 Å². The average molecular weight is 246 g/mol. The summed E-state index contributed by atoms with van der Waals surface area (Å²) < 4.78 is 0. The van der Waals surface area contributed by atoms with Gasteiger partial charge in [0, 0.05) is 13.1 Å². The van der Waals surface area contributed by atoms with Gasteiger partial charge in [-0.3, -0.25) is 9.59 Å². The second kappa shape index (κ2) is 5.67. The number of ketones is 1. The van der Waals surface area contributed by atoms with E-state index in [9.17, 15) is 9.59 Å². The molecular formula is C14H18N2O2. The normalized spacial score (nSPS) is 14.6. The van der Waals surface area contributed by atoms with Crippen LogP contribution in [0, 0.1) is 0 Å². The van der Waals surface area contributed by atoms with Crippen LogP contribution in [0.1, 0.15) is 26.2 Å². The SMILES string of the molecule is CC(=O)CC(=O)Nc1ccccc1N1CCCC1. The number of benzene rings is 1. The standard InChI is InChI=1S/C14H18N2O2/c1-11(17)10-14(18)15-12-6-2-3-7-13(12)16-8-4-5-9-16/h2-3,6-7H,4-5,8-10H2,1H3,(H,15,18). The molecule has 1 aromatic carbocycles.